The second-order valence-corrected chi connectivity index (χ2v) is 8.60. The van der Waals surface area contributed by atoms with E-state index in [1.165, 1.54) is 25.3 Å². The van der Waals surface area contributed by atoms with E-state index >= 15 is 0 Å². The zero-order chi connectivity index (χ0) is 25.0. The number of rotatable bonds is 8. The van der Waals surface area contributed by atoms with Crippen molar-refractivity contribution in [3.8, 4) is 11.1 Å². The van der Waals surface area contributed by atoms with Crippen molar-refractivity contribution in [2.24, 2.45) is 0 Å². The quantitative estimate of drug-likeness (QED) is 0.508. The summed E-state index contributed by atoms with van der Waals surface area (Å²) in [6.07, 6.45) is 0.719. The molecule has 1 aromatic carbocycles. The fourth-order valence-corrected chi connectivity index (χ4v) is 3.90. The Morgan fingerprint density at radius 2 is 1.94 bits per heavy atom. The fraction of sp³-hybridized carbons (Fsp3) is 0.400. The maximum atomic E-state index is 13.7. The maximum Gasteiger partial charge on any atom is 0.308 e. The Labute approximate surface area is 198 Å². The molecule has 0 aliphatic carbocycles. The third kappa shape index (κ3) is 5.60. The van der Waals surface area contributed by atoms with Gasteiger partial charge in [0.1, 0.15) is 11.6 Å². The number of aromatic nitrogens is 1. The average Bonchev–Trinajstić information content (AvgIpc) is 2.79. The number of aliphatic hydroxyl groups excluding tert-OH is 2. The topological polar surface area (TPSA) is 112 Å². The highest BCUT2D eigenvalue weighted by Crippen LogP contribution is 2.39. The van der Waals surface area contributed by atoms with Gasteiger partial charge in [-0.15, -0.1) is 0 Å². The molecule has 1 aliphatic heterocycles. The van der Waals surface area contributed by atoms with E-state index < -0.39 is 24.0 Å². The van der Waals surface area contributed by atoms with Gasteiger partial charge >= 0.3 is 5.97 Å². The maximum absolute atomic E-state index is 13.7. The second-order valence-electron chi connectivity index (χ2n) is 8.60. The Morgan fingerprint density at radius 3 is 2.56 bits per heavy atom. The van der Waals surface area contributed by atoms with Gasteiger partial charge < -0.3 is 25.2 Å². The van der Waals surface area contributed by atoms with Gasteiger partial charge in [0.05, 0.1) is 43.7 Å². The second kappa shape index (κ2) is 10.8. The van der Waals surface area contributed by atoms with E-state index in [0.717, 1.165) is 0 Å². The zero-order valence-corrected chi connectivity index (χ0v) is 19.7. The number of hydrogen-bond donors (Lipinski definition) is 3. The van der Waals surface area contributed by atoms with Gasteiger partial charge in [-0.1, -0.05) is 38.1 Å². The molecule has 0 bridgehead atoms. The molecule has 1 amide bonds. The number of nitrogens with one attached hydrogen (secondary N) is 1. The number of carbonyl (C=O) groups is 2. The SMILES string of the molecule is COC(=O)CC(O)CC(O)/C=C/c1c(C(C)C)nc2c(c1-c1ccc(F)cc1)C(=O)NCN2C. The van der Waals surface area contributed by atoms with Crippen LogP contribution in [0.2, 0.25) is 0 Å². The van der Waals surface area contributed by atoms with E-state index in [4.69, 9.17) is 4.98 Å². The van der Waals surface area contributed by atoms with Gasteiger partial charge in [0.15, 0.2) is 0 Å². The summed E-state index contributed by atoms with van der Waals surface area (Å²) in [5, 5.41) is 23.3. The van der Waals surface area contributed by atoms with E-state index in [0.29, 0.717) is 40.4 Å². The highest BCUT2D eigenvalue weighted by molar-refractivity contribution is 6.08. The predicted molar refractivity (Wildman–Crippen MR) is 127 cm³/mol. The first-order chi connectivity index (χ1) is 16.1. The minimum absolute atomic E-state index is 0.0235. The van der Waals surface area contributed by atoms with Crippen molar-refractivity contribution in [2.75, 3.05) is 25.7 Å². The average molecular weight is 472 g/mol. The van der Waals surface area contributed by atoms with Crippen LogP contribution in [-0.2, 0) is 9.53 Å². The molecule has 1 aromatic heterocycles. The molecule has 0 radical (unpaired) electrons. The Hall–Kier alpha value is -3.30. The highest BCUT2D eigenvalue weighted by atomic mass is 19.1. The van der Waals surface area contributed by atoms with Crippen molar-refractivity contribution >= 4 is 23.8 Å². The van der Waals surface area contributed by atoms with Gasteiger partial charge in [0, 0.05) is 24.6 Å². The standard InChI is InChI=1S/C25H30FN3O5/c1-14(2)23-19(10-9-17(30)11-18(31)12-20(32)34-4)21(15-5-7-16(26)8-6-15)22-24(28-23)29(3)13-27-25(22)33/h5-10,14,17-18,30-31H,11-13H2,1-4H3,(H,27,33)/b10-9+. The summed E-state index contributed by atoms with van der Waals surface area (Å²) in [5.74, 6) is -0.760. The molecule has 182 valence electrons. The van der Waals surface area contributed by atoms with Gasteiger partial charge in [-0.3, -0.25) is 9.59 Å². The lowest BCUT2D eigenvalue weighted by molar-refractivity contribution is -0.143. The summed E-state index contributed by atoms with van der Waals surface area (Å²) in [4.78, 5) is 30.9. The molecule has 0 saturated carbocycles. The molecule has 8 nitrogen and oxygen atoms in total. The van der Waals surface area contributed by atoms with Crippen LogP contribution < -0.4 is 10.2 Å². The van der Waals surface area contributed by atoms with E-state index in [-0.39, 0.29) is 24.7 Å². The van der Waals surface area contributed by atoms with Crippen molar-refractivity contribution in [3.63, 3.8) is 0 Å². The monoisotopic (exact) mass is 471 g/mol. The molecule has 2 heterocycles. The van der Waals surface area contributed by atoms with Gasteiger partial charge in [-0.2, -0.15) is 0 Å². The molecule has 3 rings (SSSR count). The van der Waals surface area contributed by atoms with Gasteiger partial charge in [-0.25, -0.2) is 9.37 Å². The van der Waals surface area contributed by atoms with Gasteiger partial charge in [-0.05, 0) is 23.6 Å². The number of amides is 1. The van der Waals surface area contributed by atoms with E-state index in [9.17, 15) is 24.2 Å². The summed E-state index contributed by atoms with van der Waals surface area (Å²) in [7, 11) is 3.05. The lowest BCUT2D eigenvalue weighted by Gasteiger charge is -2.30. The molecule has 1 aliphatic rings. The summed E-state index contributed by atoms with van der Waals surface area (Å²) in [6, 6.07) is 5.86. The Kier molecular flexibility index (Phi) is 8.01. The van der Waals surface area contributed by atoms with Crippen molar-refractivity contribution in [1.82, 2.24) is 10.3 Å². The third-order valence-electron chi connectivity index (χ3n) is 5.62. The number of fused-ring (bicyclic) bond motifs is 1. The number of methoxy groups -OCH3 is 1. The molecule has 34 heavy (non-hydrogen) atoms. The molecular weight excluding hydrogens is 441 g/mol. The fourth-order valence-electron chi connectivity index (χ4n) is 3.90. The predicted octanol–water partition coefficient (Wildman–Crippen LogP) is 2.84. The summed E-state index contributed by atoms with van der Waals surface area (Å²) >= 11 is 0. The molecule has 2 atom stereocenters. The van der Waals surface area contributed by atoms with Crippen LogP contribution >= 0.6 is 0 Å². The molecule has 9 heteroatoms. The first-order valence-electron chi connectivity index (χ1n) is 11.1. The molecule has 0 saturated heterocycles. The number of aliphatic hydroxyl groups is 2. The van der Waals surface area contributed by atoms with E-state index in [2.05, 4.69) is 10.1 Å². The van der Waals surface area contributed by atoms with Gasteiger partial charge in [0.2, 0.25) is 0 Å². The number of nitrogens with zero attached hydrogens (tertiary/aromatic N) is 2. The molecule has 2 unspecified atom stereocenters. The molecular formula is C25H30FN3O5. The van der Waals surface area contributed by atoms with Crippen molar-refractivity contribution in [1.29, 1.82) is 0 Å². The number of halogens is 1. The first-order valence-corrected chi connectivity index (χ1v) is 11.1. The van der Waals surface area contributed by atoms with Crippen molar-refractivity contribution in [2.45, 2.75) is 44.8 Å². The number of benzene rings is 1. The largest absolute Gasteiger partial charge is 0.469 e. The summed E-state index contributed by atoms with van der Waals surface area (Å²) < 4.78 is 18.2. The molecule has 0 spiro atoms. The minimum atomic E-state index is -1.07. The number of esters is 1. The summed E-state index contributed by atoms with van der Waals surface area (Å²) in [5.41, 5.74) is 2.90. The van der Waals surface area contributed by atoms with E-state index in [1.807, 2.05) is 25.8 Å². The van der Waals surface area contributed by atoms with Crippen molar-refractivity contribution in [3.05, 3.63) is 53.0 Å². The van der Waals surface area contributed by atoms with Crippen LogP contribution in [0.25, 0.3) is 17.2 Å². The van der Waals surface area contributed by atoms with Crippen LogP contribution in [0, 0.1) is 5.82 Å². The molecule has 3 N–H and O–H groups in total. The number of pyridine rings is 1. The lowest BCUT2D eigenvalue weighted by atomic mass is 9.89. The van der Waals surface area contributed by atoms with E-state index in [1.54, 1.807) is 18.2 Å². The van der Waals surface area contributed by atoms with Crippen LogP contribution in [0.5, 0.6) is 0 Å². The highest BCUT2D eigenvalue weighted by Gasteiger charge is 2.30. The van der Waals surface area contributed by atoms with Crippen LogP contribution in [-0.4, -0.2) is 60.1 Å². The normalized spacial score (nSPS) is 15.3. The minimum Gasteiger partial charge on any atom is -0.469 e. The Morgan fingerprint density at radius 1 is 1.26 bits per heavy atom. The lowest BCUT2D eigenvalue weighted by Crippen LogP contribution is -2.42. The van der Waals surface area contributed by atoms with Crippen molar-refractivity contribution < 1.29 is 28.9 Å². The Balaban J connectivity index is 2.12. The molecule has 0 fully saturated rings. The molecule has 2 aromatic rings. The van der Waals surface area contributed by atoms with Crippen LogP contribution in [0.15, 0.2) is 30.3 Å². The summed E-state index contributed by atoms with van der Waals surface area (Å²) in [6.45, 7) is 4.26. The number of hydrogen-bond acceptors (Lipinski definition) is 7. The third-order valence-corrected chi connectivity index (χ3v) is 5.62. The Bertz CT molecular complexity index is 1080. The number of ether oxygens (including phenoxy) is 1. The van der Waals surface area contributed by atoms with Gasteiger partial charge in [0.25, 0.3) is 5.91 Å². The van der Waals surface area contributed by atoms with Crippen LogP contribution in [0.4, 0.5) is 10.2 Å². The number of carbonyl (C=O) groups excluding carboxylic acids is 2. The smallest absolute Gasteiger partial charge is 0.308 e. The first kappa shape index (κ1) is 25.3. The van der Waals surface area contributed by atoms with Crippen LogP contribution in [0.1, 0.15) is 54.2 Å². The van der Waals surface area contributed by atoms with Crippen LogP contribution in [0.3, 0.4) is 0 Å². The zero-order valence-electron chi connectivity index (χ0n) is 19.7. The number of anilines is 1.